The SMILES string of the molecule is COC1(CNC(=O)c2ccccc2[N+](=O)[O-])Cc2ccccc2C1. The van der Waals surface area contributed by atoms with Crippen LogP contribution in [0.25, 0.3) is 0 Å². The van der Waals surface area contributed by atoms with E-state index in [0.717, 1.165) is 0 Å². The van der Waals surface area contributed by atoms with E-state index in [4.69, 9.17) is 4.74 Å². The Morgan fingerprint density at radius 3 is 2.33 bits per heavy atom. The number of carbonyl (C=O) groups excluding carboxylic acids is 1. The highest BCUT2D eigenvalue weighted by Gasteiger charge is 2.37. The third-order valence-corrected chi connectivity index (χ3v) is 4.49. The number of benzene rings is 2. The summed E-state index contributed by atoms with van der Waals surface area (Å²) in [5, 5.41) is 13.8. The molecule has 24 heavy (non-hydrogen) atoms. The second-order valence-corrected chi connectivity index (χ2v) is 5.97. The lowest BCUT2D eigenvalue weighted by Gasteiger charge is -2.27. The van der Waals surface area contributed by atoms with Gasteiger partial charge in [-0.2, -0.15) is 0 Å². The Balaban J connectivity index is 1.74. The van der Waals surface area contributed by atoms with Gasteiger partial charge in [0.25, 0.3) is 11.6 Å². The number of para-hydroxylation sites is 1. The average Bonchev–Trinajstić information content (AvgIpc) is 2.99. The largest absolute Gasteiger partial charge is 0.376 e. The Kier molecular flexibility index (Phi) is 4.31. The van der Waals surface area contributed by atoms with Crippen molar-refractivity contribution in [2.24, 2.45) is 0 Å². The highest BCUT2D eigenvalue weighted by Crippen LogP contribution is 2.32. The first-order valence-corrected chi connectivity index (χ1v) is 7.68. The van der Waals surface area contributed by atoms with Crippen molar-refractivity contribution >= 4 is 11.6 Å². The van der Waals surface area contributed by atoms with Gasteiger partial charge in [0.05, 0.1) is 10.5 Å². The van der Waals surface area contributed by atoms with Crippen molar-refractivity contribution in [2.45, 2.75) is 18.4 Å². The number of nitro benzene ring substituents is 1. The fourth-order valence-electron chi connectivity index (χ4n) is 3.16. The van der Waals surface area contributed by atoms with E-state index in [0.29, 0.717) is 19.4 Å². The van der Waals surface area contributed by atoms with Gasteiger partial charge >= 0.3 is 0 Å². The summed E-state index contributed by atoms with van der Waals surface area (Å²) in [6.07, 6.45) is 1.41. The molecule has 1 aliphatic carbocycles. The molecular weight excluding hydrogens is 308 g/mol. The second kappa shape index (κ2) is 6.41. The maximum absolute atomic E-state index is 12.4. The van der Waals surface area contributed by atoms with Crippen LogP contribution in [0.1, 0.15) is 21.5 Å². The molecule has 0 fully saturated rings. The molecule has 2 aromatic rings. The van der Waals surface area contributed by atoms with E-state index >= 15 is 0 Å². The van der Waals surface area contributed by atoms with Crippen LogP contribution in [-0.4, -0.2) is 30.1 Å². The first kappa shape index (κ1) is 16.1. The monoisotopic (exact) mass is 326 g/mol. The number of nitro groups is 1. The van der Waals surface area contributed by atoms with E-state index in [1.165, 1.54) is 23.3 Å². The predicted molar refractivity (Wildman–Crippen MR) is 89.0 cm³/mol. The Hall–Kier alpha value is -2.73. The molecule has 0 bridgehead atoms. The third-order valence-electron chi connectivity index (χ3n) is 4.49. The maximum atomic E-state index is 12.4. The van der Waals surface area contributed by atoms with Gasteiger partial charge in [0, 0.05) is 32.6 Å². The minimum atomic E-state index is -0.549. The van der Waals surface area contributed by atoms with Gasteiger partial charge in [-0.1, -0.05) is 36.4 Å². The van der Waals surface area contributed by atoms with Crippen LogP contribution in [0, 0.1) is 10.1 Å². The summed E-state index contributed by atoms with van der Waals surface area (Å²) in [6.45, 7) is 0.295. The highest BCUT2D eigenvalue weighted by atomic mass is 16.6. The summed E-state index contributed by atoms with van der Waals surface area (Å²) in [5.41, 5.74) is 1.77. The molecule has 0 aromatic heterocycles. The van der Waals surface area contributed by atoms with Gasteiger partial charge in [0.1, 0.15) is 5.56 Å². The van der Waals surface area contributed by atoms with Crippen LogP contribution >= 0.6 is 0 Å². The number of fused-ring (bicyclic) bond motifs is 1. The molecule has 0 heterocycles. The number of nitrogens with one attached hydrogen (secondary N) is 1. The standard InChI is InChI=1S/C18H18N2O4/c1-24-18(10-13-6-2-3-7-14(13)11-18)12-19-17(21)15-8-4-5-9-16(15)20(22)23/h2-9H,10-12H2,1H3,(H,19,21). The van der Waals surface area contributed by atoms with E-state index in [1.54, 1.807) is 19.2 Å². The zero-order valence-electron chi connectivity index (χ0n) is 13.3. The van der Waals surface area contributed by atoms with Gasteiger partial charge in [-0.05, 0) is 17.2 Å². The van der Waals surface area contributed by atoms with Crippen molar-refractivity contribution in [1.82, 2.24) is 5.32 Å². The van der Waals surface area contributed by atoms with Crippen LogP contribution in [0.4, 0.5) is 5.69 Å². The number of methoxy groups -OCH3 is 1. The molecule has 0 atom stereocenters. The van der Waals surface area contributed by atoms with Gasteiger partial charge in [-0.3, -0.25) is 14.9 Å². The van der Waals surface area contributed by atoms with E-state index in [1.807, 2.05) is 12.1 Å². The van der Waals surface area contributed by atoms with E-state index in [2.05, 4.69) is 17.4 Å². The van der Waals surface area contributed by atoms with Crippen molar-refractivity contribution in [3.8, 4) is 0 Å². The Labute approximate surface area is 139 Å². The average molecular weight is 326 g/mol. The quantitative estimate of drug-likeness (QED) is 0.676. The number of carbonyl (C=O) groups is 1. The molecule has 124 valence electrons. The van der Waals surface area contributed by atoms with Gasteiger partial charge in [-0.25, -0.2) is 0 Å². The molecule has 2 aromatic carbocycles. The van der Waals surface area contributed by atoms with Gasteiger partial charge in [-0.15, -0.1) is 0 Å². The Bertz CT molecular complexity index is 763. The van der Waals surface area contributed by atoms with Crippen molar-refractivity contribution in [3.63, 3.8) is 0 Å². The van der Waals surface area contributed by atoms with Crippen LogP contribution in [0.5, 0.6) is 0 Å². The smallest absolute Gasteiger partial charge is 0.282 e. The number of hydrogen-bond donors (Lipinski definition) is 1. The zero-order chi connectivity index (χ0) is 17.2. The summed E-state index contributed by atoms with van der Waals surface area (Å²) >= 11 is 0. The summed E-state index contributed by atoms with van der Waals surface area (Å²) < 4.78 is 5.70. The van der Waals surface area contributed by atoms with E-state index in [-0.39, 0.29) is 11.3 Å². The van der Waals surface area contributed by atoms with E-state index < -0.39 is 16.4 Å². The van der Waals surface area contributed by atoms with Crippen LogP contribution in [-0.2, 0) is 17.6 Å². The van der Waals surface area contributed by atoms with Gasteiger partial charge in [0.2, 0.25) is 0 Å². The molecule has 0 spiro atoms. The van der Waals surface area contributed by atoms with Crippen molar-refractivity contribution in [3.05, 3.63) is 75.3 Å². The molecule has 1 amide bonds. The summed E-state index contributed by atoms with van der Waals surface area (Å²) in [5.74, 6) is -0.463. The third kappa shape index (κ3) is 3.00. The number of rotatable bonds is 5. The molecule has 6 heteroatoms. The minimum absolute atomic E-state index is 0.0595. The fraction of sp³-hybridized carbons (Fsp3) is 0.278. The first-order valence-electron chi connectivity index (χ1n) is 7.68. The summed E-state index contributed by atoms with van der Waals surface area (Å²) in [7, 11) is 1.63. The minimum Gasteiger partial charge on any atom is -0.376 e. The predicted octanol–water partition coefficient (Wildman–Crippen LogP) is 2.51. The molecule has 6 nitrogen and oxygen atoms in total. The number of nitrogens with zero attached hydrogens (tertiary/aromatic N) is 1. The molecule has 0 radical (unpaired) electrons. The topological polar surface area (TPSA) is 81.5 Å². The molecule has 1 N–H and O–H groups in total. The lowest BCUT2D eigenvalue weighted by Crippen LogP contribution is -2.45. The Morgan fingerprint density at radius 1 is 1.17 bits per heavy atom. The van der Waals surface area contributed by atoms with Crippen LogP contribution in [0.15, 0.2) is 48.5 Å². The molecule has 1 aliphatic rings. The number of hydrogen-bond acceptors (Lipinski definition) is 4. The van der Waals surface area contributed by atoms with Crippen molar-refractivity contribution < 1.29 is 14.5 Å². The molecule has 0 saturated heterocycles. The lowest BCUT2D eigenvalue weighted by atomic mass is 9.99. The van der Waals surface area contributed by atoms with Crippen LogP contribution < -0.4 is 5.32 Å². The Morgan fingerprint density at radius 2 is 1.75 bits per heavy atom. The normalized spacial score (nSPS) is 14.9. The fourth-order valence-corrected chi connectivity index (χ4v) is 3.16. The molecule has 3 rings (SSSR count). The first-order chi connectivity index (χ1) is 11.5. The molecule has 0 saturated carbocycles. The van der Waals surface area contributed by atoms with Gasteiger partial charge < -0.3 is 10.1 Å². The maximum Gasteiger partial charge on any atom is 0.282 e. The lowest BCUT2D eigenvalue weighted by molar-refractivity contribution is -0.385. The second-order valence-electron chi connectivity index (χ2n) is 5.97. The van der Waals surface area contributed by atoms with E-state index in [9.17, 15) is 14.9 Å². The highest BCUT2D eigenvalue weighted by molar-refractivity contribution is 5.98. The zero-order valence-corrected chi connectivity index (χ0v) is 13.3. The summed E-state index contributed by atoms with van der Waals surface area (Å²) in [6, 6.07) is 14.0. The molecular formula is C18H18N2O4. The molecule has 0 unspecified atom stereocenters. The van der Waals surface area contributed by atoms with Crippen molar-refractivity contribution in [2.75, 3.05) is 13.7 Å². The summed E-state index contributed by atoms with van der Waals surface area (Å²) in [4.78, 5) is 22.9. The number of amides is 1. The molecule has 0 aliphatic heterocycles. The van der Waals surface area contributed by atoms with Gasteiger partial charge in [0.15, 0.2) is 0 Å². The van der Waals surface area contributed by atoms with Crippen molar-refractivity contribution in [1.29, 1.82) is 0 Å². The van der Waals surface area contributed by atoms with Crippen LogP contribution in [0.2, 0.25) is 0 Å². The van der Waals surface area contributed by atoms with Crippen LogP contribution in [0.3, 0.4) is 0 Å². The number of ether oxygens (including phenoxy) is 1.